The Balaban J connectivity index is 1.37. The smallest absolute Gasteiger partial charge is 0.234 e. The van der Waals surface area contributed by atoms with E-state index in [0.29, 0.717) is 19.0 Å². The SMILES string of the molecule is Cc1cccc(NC[C@H]2CCN(CC(=O)NCc3ccccc3)C2)n1. The maximum Gasteiger partial charge on any atom is 0.234 e. The number of rotatable bonds is 7. The monoisotopic (exact) mass is 338 g/mol. The number of aryl methyl sites for hydroxylation is 1. The summed E-state index contributed by atoms with van der Waals surface area (Å²) in [6.07, 6.45) is 1.12. The molecule has 0 unspecified atom stereocenters. The van der Waals surface area contributed by atoms with Gasteiger partial charge in [0, 0.05) is 25.3 Å². The number of nitrogens with one attached hydrogen (secondary N) is 2. The molecule has 0 bridgehead atoms. The number of likely N-dealkylation sites (tertiary alicyclic amines) is 1. The van der Waals surface area contributed by atoms with Crippen LogP contribution in [-0.4, -0.2) is 42.0 Å². The third kappa shape index (κ3) is 5.57. The standard InChI is InChI=1S/C20H26N4O/c1-16-6-5-9-19(23-16)21-13-18-10-11-24(14-18)15-20(25)22-12-17-7-3-2-4-8-17/h2-9,18H,10-15H2,1H3,(H,21,23)(H,22,25)/t18-/m1/s1. The molecule has 132 valence electrons. The summed E-state index contributed by atoms with van der Waals surface area (Å²) < 4.78 is 0. The highest BCUT2D eigenvalue weighted by molar-refractivity contribution is 5.78. The highest BCUT2D eigenvalue weighted by Crippen LogP contribution is 2.16. The molecule has 1 atom stereocenters. The summed E-state index contributed by atoms with van der Waals surface area (Å²) in [5.41, 5.74) is 2.15. The molecule has 1 aromatic heterocycles. The fraction of sp³-hybridized carbons (Fsp3) is 0.400. The van der Waals surface area contributed by atoms with Crippen molar-refractivity contribution in [3.63, 3.8) is 0 Å². The fourth-order valence-electron chi connectivity index (χ4n) is 3.17. The van der Waals surface area contributed by atoms with Crippen molar-refractivity contribution in [1.82, 2.24) is 15.2 Å². The summed E-state index contributed by atoms with van der Waals surface area (Å²) in [7, 11) is 0. The van der Waals surface area contributed by atoms with Gasteiger partial charge in [-0.3, -0.25) is 9.69 Å². The van der Waals surface area contributed by atoms with Crippen LogP contribution in [0, 0.1) is 12.8 Å². The van der Waals surface area contributed by atoms with E-state index in [1.165, 1.54) is 0 Å². The Morgan fingerprint density at radius 1 is 1.20 bits per heavy atom. The van der Waals surface area contributed by atoms with E-state index in [-0.39, 0.29) is 5.91 Å². The molecule has 0 saturated carbocycles. The van der Waals surface area contributed by atoms with Gasteiger partial charge in [0.25, 0.3) is 0 Å². The summed E-state index contributed by atoms with van der Waals surface area (Å²) in [5.74, 6) is 1.58. The first-order chi connectivity index (χ1) is 12.2. The van der Waals surface area contributed by atoms with E-state index in [1.807, 2.05) is 55.5 Å². The van der Waals surface area contributed by atoms with Crippen LogP contribution in [0.2, 0.25) is 0 Å². The van der Waals surface area contributed by atoms with Crippen molar-refractivity contribution in [2.75, 3.05) is 31.5 Å². The molecule has 2 heterocycles. The van der Waals surface area contributed by atoms with Crippen LogP contribution in [0.1, 0.15) is 17.7 Å². The van der Waals surface area contributed by atoms with Crippen molar-refractivity contribution in [1.29, 1.82) is 0 Å². The van der Waals surface area contributed by atoms with E-state index >= 15 is 0 Å². The number of hydrogen-bond acceptors (Lipinski definition) is 4. The van der Waals surface area contributed by atoms with Crippen LogP contribution >= 0.6 is 0 Å². The molecule has 1 amide bonds. The lowest BCUT2D eigenvalue weighted by Crippen LogP contribution is -2.36. The first-order valence-corrected chi connectivity index (χ1v) is 8.89. The normalized spacial score (nSPS) is 17.4. The zero-order valence-corrected chi connectivity index (χ0v) is 14.7. The number of amides is 1. The van der Waals surface area contributed by atoms with E-state index in [2.05, 4.69) is 20.5 Å². The van der Waals surface area contributed by atoms with Gasteiger partial charge in [-0.15, -0.1) is 0 Å². The number of anilines is 1. The minimum Gasteiger partial charge on any atom is -0.370 e. The number of carbonyl (C=O) groups is 1. The minimum absolute atomic E-state index is 0.0952. The number of pyridine rings is 1. The molecule has 1 aromatic carbocycles. The van der Waals surface area contributed by atoms with E-state index in [9.17, 15) is 4.79 Å². The molecule has 1 aliphatic heterocycles. The second kappa shape index (κ2) is 8.62. The highest BCUT2D eigenvalue weighted by atomic mass is 16.2. The van der Waals surface area contributed by atoms with Crippen molar-refractivity contribution < 1.29 is 4.79 Å². The molecule has 1 fully saturated rings. The molecule has 0 aliphatic carbocycles. The lowest BCUT2D eigenvalue weighted by molar-refractivity contribution is -0.122. The summed E-state index contributed by atoms with van der Waals surface area (Å²) in [5, 5.41) is 6.41. The number of nitrogens with zero attached hydrogens (tertiary/aromatic N) is 2. The average molecular weight is 338 g/mol. The Kier molecular flexibility index (Phi) is 6.01. The van der Waals surface area contributed by atoms with Gasteiger partial charge in [-0.1, -0.05) is 36.4 Å². The first-order valence-electron chi connectivity index (χ1n) is 8.89. The molecule has 3 rings (SSSR count). The van der Waals surface area contributed by atoms with Gasteiger partial charge in [-0.25, -0.2) is 4.98 Å². The summed E-state index contributed by atoms with van der Waals surface area (Å²) >= 11 is 0. The van der Waals surface area contributed by atoms with Crippen molar-refractivity contribution in [2.45, 2.75) is 19.9 Å². The third-order valence-corrected chi connectivity index (χ3v) is 4.53. The molecular formula is C20H26N4O. The second-order valence-corrected chi connectivity index (χ2v) is 6.70. The molecule has 25 heavy (non-hydrogen) atoms. The Hall–Kier alpha value is -2.40. The number of carbonyl (C=O) groups excluding carboxylic acids is 1. The second-order valence-electron chi connectivity index (χ2n) is 6.70. The van der Waals surface area contributed by atoms with Crippen molar-refractivity contribution in [3.05, 3.63) is 59.8 Å². The van der Waals surface area contributed by atoms with Gasteiger partial charge in [0.2, 0.25) is 5.91 Å². The van der Waals surface area contributed by atoms with Gasteiger partial charge in [-0.2, -0.15) is 0 Å². The Morgan fingerprint density at radius 2 is 2.04 bits per heavy atom. The Labute approximate surface area is 149 Å². The predicted molar refractivity (Wildman–Crippen MR) is 100 cm³/mol. The van der Waals surface area contributed by atoms with Crippen molar-refractivity contribution in [2.24, 2.45) is 5.92 Å². The van der Waals surface area contributed by atoms with E-state index in [4.69, 9.17) is 0 Å². The maximum absolute atomic E-state index is 12.1. The van der Waals surface area contributed by atoms with E-state index < -0.39 is 0 Å². The number of aromatic nitrogens is 1. The van der Waals surface area contributed by atoms with Gasteiger partial charge in [0.15, 0.2) is 0 Å². The van der Waals surface area contributed by atoms with Gasteiger partial charge in [0.05, 0.1) is 6.54 Å². The van der Waals surface area contributed by atoms with Crippen molar-refractivity contribution >= 4 is 11.7 Å². The Bertz CT molecular complexity index is 689. The maximum atomic E-state index is 12.1. The largest absolute Gasteiger partial charge is 0.370 e. The molecule has 1 aliphatic rings. The van der Waals surface area contributed by atoms with Crippen LogP contribution < -0.4 is 10.6 Å². The highest BCUT2D eigenvalue weighted by Gasteiger charge is 2.23. The lowest BCUT2D eigenvalue weighted by Gasteiger charge is -2.16. The Morgan fingerprint density at radius 3 is 2.84 bits per heavy atom. The molecule has 0 spiro atoms. The minimum atomic E-state index is 0.0952. The van der Waals surface area contributed by atoms with Gasteiger partial charge in [-0.05, 0) is 43.5 Å². The van der Waals surface area contributed by atoms with Crippen LogP contribution in [0.3, 0.4) is 0 Å². The zero-order valence-electron chi connectivity index (χ0n) is 14.7. The van der Waals surface area contributed by atoms with Crippen LogP contribution in [0.15, 0.2) is 48.5 Å². The summed E-state index contributed by atoms with van der Waals surface area (Å²) in [6, 6.07) is 16.0. The lowest BCUT2D eigenvalue weighted by atomic mass is 10.1. The van der Waals surface area contributed by atoms with Gasteiger partial charge >= 0.3 is 0 Å². The first kappa shape index (κ1) is 17.4. The number of benzene rings is 1. The molecule has 2 aromatic rings. The molecular weight excluding hydrogens is 312 g/mol. The molecule has 5 heteroatoms. The van der Waals surface area contributed by atoms with Crippen LogP contribution in [-0.2, 0) is 11.3 Å². The van der Waals surface area contributed by atoms with Crippen LogP contribution in [0.25, 0.3) is 0 Å². The molecule has 5 nitrogen and oxygen atoms in total. The molecule has 2 N–H and O–H groups in total. The van der Waals surface area contributed by atoms with E-state index in [0.717, 1.165) is 43.1 Å². The quantitative estimate of drug-likeness (QED) is 0.814. The molecule has 0 radical (unpaired) electrons. The fourth-order valence-corrected chi connectivity index (χ4v) is 3.17. The summed E-state index contributed by atoms with van der Waals surface area (Å²) in [6.45, 7) is 5.91. The topological polar surface area (TPSA) is 57.3 Å². The van der Waals surface area contributed by atoms with Gasteiger partial charge < -0.3 is 10.6 Å². The zero-order chi connectivity index (χ0) is 17.5. The predicted octanol–water partition coefficient (Wildman–Crippen LogP) is 2.44. The third-order valence-electron chi connectivity index (χ3n) is 4.53. The number of hydrogen-bond donors (Lipinski definition) is 2. The van der Waals surface area contributed by atoms with Gasteiger partial charge in [0.1, 0.15) is 5.82 Å². The molecule has 1 saturated heterocycles. The van der Waals surface area contributed by atoms with Crippen molar-refractivity contribution in [3.8, 4) is 0 Å². The average Bonchev–Trinajstić information content (AvgIpc) is 3.06. The van der Waals surface area contributed by atoms with Crippen LogP contribution in [0.4, 0.5) is 5.82 Å². The van der Waals surface area contributed by atoms with E-state index in [1.54, 1.807) is 0 Å². The summed E-state index contributed by atoms with van der Waals surface area (Å²) in [4.78, 5) is 18.8. The van der Waals surface area contributed by atoms with Crippen LogP contribution in [0.5, 0.6) is 0 Å².